The molecule has 104 valence electrons. The van der Waals surface area contributed by atoms with E-state index in [1.807, 2.05) is 30.8 Å². The molecule has 1 aromatic rings. The highest BCUT2D eigenvalue weighted by Crippen LogP contribution is 2.30. The molecule has 19 heavy (non-hydrogen) atoms. The predicted octanol–water partition coefficient (Wildman–Crippen LogP) is 1.96. The molecule has 1 unspecified atom stereocenters. The van der Waals surface area contributed by atoms with Gasteiger partial charge in [-0.3, -0.25) is 4.79 Å². The molecule has 0 radical (unpaired) electrons. The molecule has 4 nitrogen and oxygen atoms in total. The van der Waals surface area contributed by atoms with Gasteiger partial charge >= 0.3 is 0 Å². The summed E-state index contributed by atoms with van der Waals surface area (Å²) in [5, 5.41) is 2.81. The van der Waals surface area contributed by atoms with Crippen LogP contribution in [-0.4, -0.2) is 37.0 Å². The SMILES string of the molecule is CCNC(=O)c1ccc(N)c(N(C)C2CCSC2)c1. The van der Waals surface area contributed by atoms with Gasteiger partial charge in [0.05, 0.1) is 11.4 Å². The van der Waals surface area contributed by atoms with E-state index in [0.29, 0.717) is 18.2 Å². The van der Waals surface area contributed by atoms with Gasteiger partial charge in [0.2, 0.25) is 0 Å². The number of nitrogens with zero attached hydrogens (tertiary/aromatic N) is 1. The summed E-state index contributed by atoms with van der Waals surface area (Å²) in [4.78, 5) is 14.1. The van der Waals surface area contributed by atoms with Crippen molar-refractivity contribution in [2.75, 3.05) is 35.7 Å². The Morgan fingerprint density at radius 3 is 3.00 bits per heavy atom. The Morgan fingerprint density at radius 1 is 1.58 bits per heavy atom. The highest BCUT2D eigenvalue weighted by Gasteiger charge is 2.22. The molecule has 0 aliphatic carbocycles. The molecule has 1 heterocycles. The number of rotatable bonds is 4. The maximum absolute atomic E-state index is 11.9. The second-order valence-electron chi connectivity index (χ2n) is 4.76. The third-order valence-electron chi connectivity index (χ3n) is 3.46. The minimum absolute atomic E-state index is 0.0436. The summed E-state index contributed by atoms with van der Waals surface area (Å²) in [7, 11) is 2.06. The molecule has 0 saturated carbocycles. The van der Waals surface area contributed by atoms with Crippen molar-refractivity contribution >= 4 is 29.0 Å². The zero-order chi connectivity index (χ0) is 13.8. The molecule has 0 bridgehead atoms. The Kier molecular flexibility index (Phi) is 4.58. The molecule has 1 saturated heterocycles. The molecule has 1 aromatic carbocycles. The van der Waals surface area contributed by atoms with Crippen LogP contribution in [0.2, 0.25) is 0 Å². The number of carbonyl (C=O) groups is 1. The van der Waals surface area contributed by atoms with Crippen molar-refractivity contribution in [1.29, 1.82) is 0 Å². The molecule has 1 fully saturated rings. The lowest BCUT2D eigenvalue weighted by Crippen LogP contribution is -2.32. The molecule has 1 aliphatic rings. The number of benzene rings is 1. The van der Waals surface area contributed by atoms with Gasteiger partial charge in [-0.05, 0) is 37.3 Å². The first kappa shape index (κ1) is 14.1. The number of nitrogens with two attached hydrogens (primary N) is 1. The predicted molar refractivity (Wildman–Crippen MR) is 83.0 cm³/mol. The first-order chi connectivity index (χ1) is 9.13. The Hall–Kier alpha value is -1.36. The van der Waals surface area contributed by atoms with Crippen LogP contribution < -0.4 is 16.0 Å². The van der Waals surface area contributed by atoms with E-state index >= 15 is 0 Å². The van der Waals surface area contributed by atoms with E-state index in [0.717, 1.165) is 17.1 Å². The second-order valence-corrected chi connectivity index (χ2v) is 5.91. The first-order valence-corrected chi connectivity index (χ1v) is 7.77. The molecule has 1 amide bonds. The monoisotopic (exact) mass is 279 g/mol. The van der Waals surface area contributed by atoms with Gasteiger partial charge in [0.15, 0.2) is 0 Å². The summed E-state index contributed by atoms with van der Waals surface area (Å²) < 4.78 is 0. The van der Waals surface area contributed by atoms with E-state index in [-0.39, 0.29) is 5.91 Å². The molecule has 1 atom stereocenters. The first-order valence-electron chi connectivity index (χ1n) is 6.61. The normalized spacial score (nSPS) is 18.3. The van der Waals surface area contributed by atoms with Gasteiger partial charge in [-0.15, -0.1) is 0 Å². The number of hydrogen-bond donors (Lipinski definition) is 2. The Labute approximate surface area is 118 Å². The zero-order valence-corrected chi connectivity index (χ0v) is 12.3. The van der Waals surface area contributed by atoms with Crippen molar-refractivity contribution in [2.24, 2.45) is 0 Å². The van der Waals surface area contributed by atoms with Crippen LogP contribution in [0.4, 0.5) is 11.4 Å². The van der Waals surface area contributed by atoms with Crippen molar-refractivity contribution in [2.45, 2.75) is 19.4 Å². The zero-order valence-electron chi connectivity index (χ0n) is 11.5. The van der Waals surface area contributed by atoms with Crippen molar-refractivity contribution < 1.29 is 4.79 Å². The summed E-state index contributed by atoms with van der Waals surface area (Å²) in [5.74, 6) is 2.28. The number of carbonyl (C=O) groups excluding carboxylic acids is 1. The average molecular weight is 279 g/mol. The number of nitrogens with one attached hydrogen (secondary N) is 1. The third-order valence-corrected chi connectivity index (χ3v) is 4.61. The quantitative estimate of drug-likeness (QED) is 0.827. The van der Waals surface area contributed by atoms with Crippen LogP contribution in [0.1, 0.15) is 23.7 Å². The summed E-state index contributed by atoms with van der Waals surface area (Å²) >= 11 is 1.97. The van der Waals surface area contributed by atoms with E-state index in [4.69, 9.17) is 5.73 Å². The van der Waals surface area contributed by atoms with Crippen LogP contribution in [0.15, 0.2) is 18.2 Å². The fourth-order valence-corrected chi connectivity index (χ4v) is 3.54. The summed E-state index contributed by atoms with van der Waals surface area (Å²) in [6.07, 6.45) is 1.17. The minimum atomic E-state index is -0.0436. The van der Waals surface area contributed by atoms with Crippen LogP contribution in [-0.2, 0) is 0 Å². The highest BCUT2D eigenvalue weighted by atomic mass is 32.2. The number of hydrogen-bond acceptors (Lipinski definition) is 4. The van der Waals surface area contributed by atoms with Gasteiger partial charge in [-0.2, -0.15) is 11.8 Å². The topological polar surface area (TPSA) is 58.4 Å². The van der Waals surface area contributed by atoms with E-state index in [9.17, 15) is 4.79 Å². The van der Waals surface area contributed by atoms with Gasteiger partial charge in [0.25, 0.3) is 5.91 Å². The highest BCUT2D eigenvalue weighted by molar-refractivity contribution is 7.99. The molecule has 3 N–H and O–H groups in total. The van der Waals surface area contributed by atoms with E-state index in [2.05, 4.69) is 17.3 Å². The average Bonchev–Trinajstić information content (AvgIpc) is 2.92. The molecule has 0 spiro atoms. The fraction of sp³-hybridized carbons (Fsp3) is 0.500. The Morgan fingerprint density at radius 2 is 2.37 bits per heavy atom. The molecular formula is C14H21N3OS. The van der Waals surface area contributed by atoms with E-state index in [1.54, 1.807) is 6.07 Å². The smallest absolute Gasteiger partial charge is 0.251 e. The Balaban J connectivity index is 2.23. The van der Waals surface area contributed by atoms with Gasteiger partial charge in [-0.25, -0.2) is 0 Å². The van der Waals surface area contributed by atoms with Crippen LogP contribution in [0.25, 0.3) is 0 Å². The van der Waals surface area contributed by atoms with Gasteiger partial charge in [-0.1, -0.05) is 0 Å². The van der Waals surface area contributed by atoms with Gasteiger partial charge in [0, 0.05) is 31.0 Å². The lowest BCUT2D eigenvalue weighted by Gasteiger charge is -2.27. The summed E-state index contributed by atoms with van der Waals surface area (Å²) in [5.41, 5.74) is 8.41. The maximum Gasteiger partial charge on any atom is 0.251 e. The molecule has 2 rings (SSSR count). The number of thioether (sulfide) groups is 1. The molecular weight excluding hydrogens is 258 g/mol. The van der Waals surface area contributed by atoms with Crippen molar-refractivity contribution in [3.05, 3.63) is 23.8 Å². The van der Waals surface area contributed by atoms with E-state index in [1.165, 1.54) is 12.2 Å². The van der Waals surface area contributed by atoms with Crippen molar-refractivity contribution in [1.82, 2.24) is 5.32 Å². The molecule has 5 heteroatoms. The maximum atomic E-state index is 11.9. The van der Waals surface area contributed by atoms with Crippen LogP contribution in [0, 0.1) is 0 Å². The van der Waals surface area contributed by atoms with Crippen LogP contribution in [0.5, 0.6) is 0 Å². The van der Waals surface area contributed by atoms with Gasteiger partial charge < -0.3 is 16.0 Å². The second kappa shape index (κ2) is 6.19. The number of anilines is 2. The van der Waals surface area contributed by atoms with Crippen LogP contribution in [0.3, 0.4) is 0 Å². The third kappa shape index (κ3) is 3.15. The van der Waals surface area contributed by atoms with Crippen molar-refractivity contribution in [3.63, 3.8) is 0 Å². The van der Waals surface area contributed by atoms with Gasteiger partial charge in [0.1, 0.15) is 0 Å². The Bertz CT molecular complexity index is 458. The number of amides is 1. The standard InChI is InChI=1S/C14H21N3OS/c1-3-16-14(18)10-4-5-12(15)13(8-10)17(2)11-6-7-19-9-11/h4-5,8,11H,3,6-7,9,15H2,1-2H3,(H,16,18). The van der Waals surface area contributed by atoms with Crippen molar-refractivity contribution in [3.8, 4) is 0 Å². The fourth-order valence-electron chi connectivity index (χ4n) is 2.28. The lowest BCUT2D eigenvalue weighted by molar-refractivity contribution is 0.0956. The lowest BCUT2D eigenvalue weighted by atomic mass is 10.1. The minimum Gasteiger partial charge on any atom is -0.397 e. The largest absolute Gasteiger partial charge is 0.397 e. The summed E-state index contributed by atoms with van der Waals surface area (Å²) in [6.45, 7) is 2.55. The molecule has 1 aliphatic heterocycles. The molecule has 0 aromatic heterocycles. The number of nitrogen functional groups attached to an aromatic ring is 1. The summed E-state index contributed by atoms with van der Waals surface area (Å²) in [6, 6.07) is 6.00. The van der Waals surface area contributed by atoms with Crippen LogP contribution >= 0.6 is 11.8 Å². The van der Waals surface area contributed by atoms with E-state index < -0.39 is 0 Å².